The minimum Gasteiger partial charge on any atom is -0.338 e. The highest BCUT2D eigenvalue weighted by Gasteiger charge is 2.26. The molecule has 1 unspecified atom stereocenters. The van der Waals surface area contributed by atoms with Crippen molar-refractivity contribution in [3.63, 3.8) is 0 Å². The molecular weight excluding hydrogens is 404 g/mol. The van der Waals surface area contributed by atoms with Gasteiger partial charge in [0.25, 0.3) is 5.91 Å². The first-order valence-corrected chi connectivity index (χ1v) is 9.14. The summed E-state index contributed by atoms with van der Waals surface area (Å²) in [6, 6.07) is 7.93. The van der Waals surface area contributed by atoms with E-state index < -0.39 is 0 Å². The quantitative estimate of drug-likeness (QED) is 0.813. The molecule has 2 heterocycles. The molecule has 0 radical (unpaired) electrons. The van der Waals surface area contributed by atoms with Gasteiger partial charge in [-0.2, -0.15) is 5.10 Å². The van der Waals surface area contributed by atoms with E-state index in [9.17, 15) is 4.79 Å². The van der Waals surface area contributed by atoms with E-state index in [0.717, 1.165) is 41.9 Å². The summed E-state index contributed by atoms with van der Waals surface area (Å²) in [5.74, 6) is 0.631. The molecular formula is C18H24BrClN4O. The van der Waals surface area contributed by atoms with Gasteiger partial charge in [-0.25, -0.2) is 4.68 Å². The molecule has 1 aliphatic rings. The van der Waals surface area contributed by atoms with Crippen LogP contribution in [0.1, 0.15) is 28.9 Å². The van der Waals surface area contributed by atoms with Crippen molar-refractivity contribution in [2.24, 2.45) is 5.92 Å². The average molecular weight is 428 g/mol. The number of benzene rings is 1. The summed E-state index contributed by atoms with van der Waals surface area (Å²) in [7, 11) is 1.97. The fraction of sp³-hybridized carbons (Fsp3) is 0.444. The Bertz CT molecular complexity index is 714. The van der Waals surface area contributed by atoms with Gasteiger partial charge < -0.3 is 10.2 Å². The number of carbonyl (C=O) groups excluding carboxylic acids is 1. The second-order valence-corrected chi connectivity index (χ2v) is 7.26. The largest absolute Gasteiger partial charge is 0.338 e. The number of amides is 1. The summed E-state index contributed by atoms with van der Waals surface area (Å²) in [5.41, 5.74) is 2.54. The number of hydrogen-bond donors (Lipinski definition) is 1. The predicted molar refractivity (Wildman–Crippen MR) is 106 cm³/mol. The fourth-order valence-corrected chi connectivity index (χ4v) is 3.60. The lowest BCUT2D eigenvalue weighted by Crippen LogP contribution is -2.42. The van der Waals surface area contributed by atoms with Crippen molar-refractivity contribution in [3.8, 4) is 5.69 Å². The molecule has 136 valence electrons. The number of hydrogen-bond acceptors (Lipinski definition) is 3. The van der Waals surface area contributed by atoms with Crippen molar-refractivity contribution < 1.29 is 4.79 Å². The van der Waals surface area contributed by atoms with Crippen LogP contribution in [0, 0.1) is 12.8 Å². The first kappa shape index (κ1) is 19.9. The fourth-order valence-electron chi connectivity index (χ4n) is 3.34. The number of likely N-dealkylation sites (tertiary alicyclic amines) is 1. The Balaban J connectivity index is 0.00000225. The molecule has 0 aliphatic carbocycles. The van der Waals surface area contributed by atoms with Crippen molar-refractivity contribution in [2.45, 2.75) is 19.8 Å². The summed E-state index contributed by atoms with van der Waals surface area (Å²) in [6.07, 6.45) is 3.95. The van der Waals surface area contributed by atoms with Gasteiger partial charge in [-0.1, -0.05) is 15.9 Å². The zero-order valence-electron chi connectivity index (χ0n) is 14.5. The number of rotatable bonds is 4. The lowest BCUT2D eigenvalue weighted by molar-refractivity contribution is 0.0673. The lowest BCUT2D eigenvalue weighted by atomic mass is 9.97. The molecule has 1 atom stereocenters. The number of aromatic nitrogens is 2. The zero-order valence-corrected chi connectivity index (χ0v) is 16.9. The van der Waals surface area contributed by atoms with Gasteiger partial charge in [0.05, 0.1) is 23.1 Å². The molecule has 0 bridgehead atoms. The van der Waals surface area contributed by atoms with Gasteiger partial charge >= 0.3 is 0 Å². The lowest BCUT2D eigenvalue weighted by Gasteiger charge is -2.32. The third-order valence-corrected chi connectivity index (χ3v) is 5.14. The molecule has 1 aliphatic heterocycles. The highest BCUT2D eigenvalue weighted by molar-refractivity contribution is 9.10. The third-order valence-electron chi connectivity index (χ3n) is 4.61. The minimum absolute atomic E-state index is 0. The highest BCUT2D eigenvalue weighted by Crippen LogP contribution is 2.21. The average Bonchev–Trinajstić information content (AvgIpc) is 2.97. The normalized spacial score (nSPS) is 17.2. The number of halogens is 2. The molecule has 1 fully saturated rings. The summed E-state index contributed by atoms with van der Waals surface area (Å²) in [4.78, 5) is 14.9. The number of nitrogens with one attached hydrogen (secondary N) is 1. The van der Waals surface area contributed by atoms with Crippen molar-refractivity contribution in [1.82, 2.24) is 20.0 Å². The Kier molecular flexibility index (Phi) is 7.04. The van der Waals surface area contributed by atoms with Crippen LogP contribution in [-0.2, 0) is 0 Å². The van der Waals surface area contributed by atoms with Crippen LogP contribution in [0.25, 0.3) is 5.69 Å². The van der Waals surface area contributed by atoms with Crippen LogP contribution in [0.3, 0.4) is 0 Å². The molecule has 7 heteroatoms. The van der Waals surface area contributed by atoms with E-state index in [1.54, 1.807) is 6.20 Å². The van der Waals surface area contributed by atoms with Crippen LogP contribution >= 0.6 is 28.3 Å². The number of piperidine rings is 1. The maximum Gasteiger partial charge on any atom is 0.257 e. The molecule has 0 spiro atoms. The van der Waals surface area contributed by atoms with Gasteiger partial charge in [0, 0.05) is 17.6 Å². The van der Waals surface area contributed by atoms with Gasteiger partial charge in [0.1, 0.15) is 0 Å². The Morgan fingerprint density at radius 2 is 2.08 bits per heavy atom. The van der Waals surface area contributed by atoms with Crippen LogP contribution in [0.2, 0.25) is 0 Å². The van der Waals surface area contributed by atoms with Crippen LogP contribution in [0.4, 0.5) is 0 Å². The Morgan fingerprint density at radius 1 is 1.36 bits per heavy atom. The van der Waals surface area contributed by atoms with Crippen molar-refractivity contribution in [2.75, 3.05) is 26.7 Å². The van der Waals surface area contributed by atoms with Gasteiger partial charge in [0.2, 0.25) is 0 Å². The molecule has 1 aromatic carbocycles. The second kappa shape index (κ2) is 8.83. The Labute approximate surface area is 163 Å². The van der Waals surface area contributed by atoms with Gasteiger partial charge in [-0.3, -0.25) is 4.79 Å². The molecule has 25 heavy (non-hydrogen) atoms. The zero-order chi connectivity index (χ0) is 17.1. The monoisotopic (exact) mass is 426 g/mol. The SMILES string of the molecule is CNCC1CCCN(C(=O)c2cnn(-c3ccc(Br)cc3)c2C)C1.Cl. The number of carbonyl (C=O) groups is 1. The maximum atomic E-state index is 12.9. The molecule has 1 saturated heterocycles. The Hall–Kier alpha value is -1.37. The molecule has 2 aromatic rings. The van der Waals surface area contributed by atoms with Crippen LogP contribution < -0.4 is 5.32 Å². The third kappa shape index (κ3) is 4.43. The topological polar surface area (TPSA) is 50.2 Å². The first-order valence-electron chi connectivity index (χ1n) is 8.34. The summed E-state index contributed by atoms with van der Waals surface area (Å²) in [6.45, 7) is 4.57. The summed E-state index contributed by atoms with van der Waals surface area (Å²) in [5, 5.41) is 7.65. The van der Waals surface area contributed by atoms with Crippen LogP contribution in [0.5, 0.6) is 0 Å². The van der Waals surface area contributed by atoms with Crippen LogP contribution in [0.15, 0.2) is 34.9 Å². The van der Waals surface area contributed by atoms with E-state index in [4.69, 9.17) is 0 Å². The molecule has 3 rings (SSSR count). The molecule has 1 amide bonds. The molecule has 1 aromatic heterocycles. The standard InChI is InChI=1S/C18H23BrN4O.ClH/c1-13-17(11-21-23(13)16-7-5-15(19)6-8-16)18(24)22-9-3-4-14(12-22)10-20-2;/h5-8,11,14,20H,3-4,9-10,12H2,1-2H3;1H. The predicted octanol–water partition coefficient (Wildman–Crippen LogP) is 3.44. The van der Waals surface area contributed by atoms with E-state index in [1.807, 2.05) is 47.8 Å². The Morgan fingerprint density at radius 3 is 2.76 bits per heavy atom. The van der Waals surface area contributed by atoms with E-state index in [2.05, 4.69) is 26.3 Å². The van der Waals surface area contributed by atoms with E-state index in [0.29, 0.717) is 11.5 Å². The van der Waals surface area contributed by atoms with E-state index in [-0.39, 0.29) is 18.3 Å². The summed E-state index contributed by atoms with van der Waals surface area (Å²) < 4.78 is 2.85. The van der Waals surface area contributed by atoms with Gasteiger partial charge in [-0.05, 0) is 63.5 Å². The number of nitrogens with zero attached hydrogens (tertiary/aromatic N) is 3. The van der Waals surface area contributed by atoms with Gasteiger partial charge in [-0.15, -0.1) is 12.4 Å². The van der Waals surface area contributed by atoms with Crippen LogP contribution in [-0.4, -0.2) is 47.3 Å². The highest BCUT2D eigenvalue weighted by atomic mass is 79.9. The first-order chi connectivity index (χ1) is 11.6. The second-order valence-electron chi connectivity index (χ2n) is 6.35. The summed E-state index contributed by atoms with van der Waals surface area (Å²) >= 11 is 3.44. The van der Waals surface area contributed by atoms with Gasteiger partial charge in [0.15, 0.2) is 0 Å². The van der Waals surface area contributed by atoms with E-state index >= 15 is 0 Å². The molecule has 5 nitrogen and oxygen atoms in total. The van der Waals surface area contributed by atoms with Crippen molar-refractivity contribution in [1.29, 1.82) is 0 Å². The van der Waals surface area contributed by atoms with Crippen molar-refractivity contribution in [3.05, 3.63) is 46.2 Å². The molecule has 1 N–H and O–H groups in total. The molecule has 0 saturated carbocycles. The smallest absolute Gasteiger partial charge is 0.257 e. The maximum absolute atomic E-state index is 12.9. The van der Waals surface area contributed by atoms with Crippen molar-refractivity contribution >= 4 is 34.2 Å². The van der Waals surface area contributed by atoms with E-state index in [1.165, 1.54) is 6.42 Å². The minimum atomic E-state index is 0.